The van der Waals surface area contributed by atoms with Gasteiger partial charge < -0.3 is 19.2 Å². The molecule has 0 aliphatic carbocycles. The van der Waals surface area contributed by atoms with Crippen molar-refractivity contribution >= 4 is 5.91 Å². The third-order valence-corrected chi connectivity index (χ3v) is 5.52. The molecule has 2 aromatic carbocycles. The smallest absolute Gasteiger partial charge is 0.289 e. The zero-order chi connectivity index (χ0) is 21.5. The van der Waals surface area contributed by atoms with Crippen molar-refractivity contribution in [2.45, 2.75) is 12.2 Å². The summed E-state index contributed by atoms with van der Waals surface area (Å²) in [5, 5.41) is 10.6. The number of aliphatic hydroxyl groups excluding tert-OH is 1. The summed E-state index contributed by atoms with van der Waals surface area (Å²) in [7, 11) is 0. The van der Waals surface area contributed by atoms with Crippen LogP contribution in [0.5, 0.6) is 0 Å². The monoisotopic (exact) mass is 420 g/mol. The molecule has 1 N–H and O–H groups in total. The Kier molecular flexibility index (Phi) is 7.14. The minimum absolute atomic E-state index is 0.0814. The van der Waals surface area contributed by atoms with Gasteiger partial charge in [0.15, 0.2) is 5.76 Å². The summed E-state index contributed by atoms with van der Waals surface area (Å²) in [5.74, 6) is 0.289. The summed E-state index contributed by atoms with van der Waals surface area (Å²) >= 11 is 0. The number of hydrogen-bond donors (Lipinski definition) is 1. The van der Waals surface area contributed by atoms with E-state index in [4.69, 9.17) is 9.15 Å². The van der Waals surface area contributed by atoms with Crippen LogP contribution >= 0.6 is 0 Å². The van der Waals surface area contributed by atoms with Gasteiger partial charge in [0.1, 0.15) is 6.10 Å². The highest BCUT2D eigenvalue weighted by atomic mass is 16.5. The summed E-state index contributed by atoms with van der Waals surface area (Å²) in [6, 6.07) is 23.5. The lowest BCUT2D eigenvalue weighted by molar-refractivity contribution is -0.0138. The number of amides is 1. The molecule has 4 rings (SSSR count). The number of rotatable bonds is 8. The van der Waals surface area contributed by atoms with Crippen LogP contribution in [0.1, 0.15) is 27.8 Å². The Morgan fingerprint density at radius 3 is 2.06 bits per heavy atom. The highest BCUT2D eigenvalue weighted by Crippen LogP contribution is 2.26. The van der Waals surface area contributed by atoms with Crippen LogP contribution in [-0.2, 0) is 4.74 Å². The first-order valence-corrected chi connectivity index (χ1v) is 10.7. The van der Waals surface area contributed by atoms with Crippen molar-refractivity contribution in [2.75, 3.05) is 39.3 Å². The molecule has 0 spiro atoms. The van der Waals surface area contributed by atoms with Gasteiger partial charge in [-0.05, 0) is 23.3 Å². The van der Waals surface area contributed by atoms with Gasteiger partial charge in [-0.2, -0.15) is 0 Å². The van der Waals surface area contributed by atoms with Crippen molar-refractivity contribution in [1.29, 1.82) is 0 Å². The number of carbonyl (C=O) groups excluding carboxylic acids is 1. The van der Waals surface area contributed by atoms with Crippen LogP contribution in [0.2, 0.25) is 0 Å². The van der Waals surface area contributed by atoms with Crippen molar-refractivity contribution in [3.8, 4) is 0 Å². The lowest BCUT2D eigenvalue weighted by atomic mass is 10.0. The van der Waals surface area contributed by atoms with Crippen molar-refractivity contribution in [3.05, 3.63) is 95.9 Å². The lowest BCUT2D eigenvalue weighted by Crippen LogP contribution is -2.50. The summed E-state index contributed by atoms with van der Waals surface area (Å²) in [6.07, 6.45) is 0.680. The number of piperazine rings is 1. The molecule has 1 amide bonds. The van der Waals surface area contributed by atoms with E-state index >= 15 is 0 Å². The second-order valence-electron chi connectivity index (χ2n) is 7.76. The third-order valence-electron chi connectivity index (χ3n) is 5.52. The predicted molar refractivity (Wildman–Crippen MR) is 118 cm³/mol. The van der Waals surface area contributed by atoms with Gasteiger partial charge in [-0.1, -0.05) is 60.7 Å². The number of nitrogens with zero attached hydrogens (tertiary/aromatic N) is 2. The molecule has 1 aliphatic rings. The number of aliphatic hydroxyl groups is 1. The van der Waals surface area contributed by atoms with Crippen LogP contribution in [0.4, 0.5) is 0 Å². The number of hydrogen-bond acceptors (Lipinski definition) is 5. The van der Waals surface area contributed by atoms with Gasteiger partial charge in [0, 0.05) is 32.7 Å². The molecule has 1 unspecified atom stereocenters. The second-order valence-corrected chi connectivity index (χ2v) is 7.76. The highest BCUT2D eigenvalue weighted by Gasteiger charge is 2.25. The normalized spacial score (nSPS) is 15.9. The van der Waals surface area contributed by atoms with E-state index in [0.29, 0.717) is 38.5 Å². The number of benzene rings is 2. The molecule has 1 atom stereocenters. The maximum atomic E-state index is 12.4. The largest absolute Gasteiger partial charge is 0.459 e. The van der Waals surface area contributed by atoms with Gasteiger partial charge >= 0.3 is 0 Å². The van der Waals surface area contributed by atoms with E-state index in [0.717, 1.165) is 11.1 Å². The first kappa shape index (κ1) is 21.3. The topological polar surface area (TPSA) is 66.2 Å². The molecule has 0 saturated carbocycles. The fraction of sp³-hybridized carbons (Fsp3) is 0.320. The molecule has 3 aromatic rings. The van der Waals surface area contributed by atoms with Crippen LogP contribution in [-0.4, -0.2) is 66.2 Å². The molecule has 0 bridgehead atoms. The van der Waals surface area contributed by atoms with E-state index in [1.54, 1.807) is 17.0 Å². The van der Waals surface area contributed by atoms with E-state index in [-0.39, 0.29) is 18.6 Å². The molecule has 1 fully saturated rings. The number of carbonyl (C=O) groups is 1. The van der Waals surface area contributed by atoms with Gasteiger partial charge in [0.05, 0.1) is 19.0 Å². The number of furan rings is 1. The molecule has 2 heterocycles. The van der Waals surface area contributed by atoms with E-state index in [1.165, 1.54) is 6.26 Å². The molecule has 1 saturated heterocycles. The van der Waals surface area contributed by atoms with Gasteiger partial charge in [-0.15, -0.1) is 0 Å². The fourth-order valence-corrected chi connectivity index (χ4v) is 3.89. The Labute approximate surface area is 182 Å². The Bertz CT molecular complexity index is 883. The van der Waals surface area contributed by atoms with E-state index in [1.807, 2.05) is 60.7 Å². The lowest BCUT2D eigenvalue weighted by Gasteiger charge is -2.35. The zero-order valence-electron chi connectivity index (χ0n) is 17.5. The Morgan fingerprint density at radius 1 is 0.903 bits per heavy atom. The molecule has 31 heavy (non-hydrogen) atoms. The average molecular weight is 421 g/mol. The van der Waals surface area contributed by atoms with E-state index in [2.05, 4.69) is 4.90 Å². The standard InChI is InChI=1S/C25H28N2O4/c28-22(18-26-13-15-27(16-14-26)25(29)23-12-7-17-30-23)19-31-24(20-8-3-1-4-9-20)21-10-5-2-6-11-21/h1-12,17,22,24,28H,13-16,18-19H2. The summed E-state index contributed by atoms with van der Waals surface area (Å²) in [4.78, 5) is 16.3. The summed E-state index contributed by atoms with van der Waals surface area (Å²) in [5.41, 5.74) is 2.12. The Balaban J connectivity index is 1.28. The SMILES string of the molecule is O=C(c1ccco1)N1CCN(CC(O)COC(c2ccccc2)c2ccccc2)CC1. The van der Waals surface area contributed by atoms with Gasteiger partial charge in [0.2, 0.25) is 0 Å². The first-order chi connectivity index (χ1) is 15.2. The summed E-state index contributed by atoms with van der Waals surface area (Å²) < 4.78 is 11.4. The van der Waals surface area contributed by atoms with Crippen LogP contribution in [0.3, 0.4) is 0 Å². The maximum absolute atomic E-state index is 12.4. The second kappa shape index (κ2) is 10.4. The van der Waals surface area contributed by atoms with Crippen LogP contribution < -0.4 is 0 Å². The molecule has 162 valence electrons. The predicted octanol–water partition coefficient (Wildman–Crippen LogP) is 3.20. The van der Waals surface area contributed by atoms with Crippen molar-refractivity contribution in [2.24, 2.45) is 0 Å². The Hall–Kier alpha value is -2.93. The average Bonchev–Trinajstić information content (AvgIpc) is 3.36. The van der Waals surface area contributed by atoms with E-state index < -0.39 is 6.10 Å². The van der Waals surface area contributed by atoms with Crippen molar-refractivity contribution in [3.63, 3.8) is 0 Å². The van der Waals surface area contributed by atoms with Crippen LogP contribution in [0, 0.1) is 0 Å². The first-order valence-electron chi connectivity index (χ1n) is 10.7. The number of ether oxygens (including phenoxy) is 1. The van der Waals surface area contributed by atoms with Crippen molar-refractivity contribution < 1.29 is 19.1 Å². The van der Waals surface area contributed by atoms with Gasteiger partial charge in [-0.25, -0.2) is 0 Å². The fourth-order valence-electron chi connectivity index (χ4n) is 3.89. The number of β-amino-alcohol motifs (C(OH)–C–C–N with tert-alkyl or cyclic N) is 1. The highest BCUT2D eigenvalue weighted by molar-refractivity contribution is 5.91. The zero-order valence-corrected chi connectivity index (χ0v) is 17.5. The molecule has 0 radical (unpaired) electrons. The van der Waals surface area contributed by atoms with E-state index in [9.17, 15) is 9.90 Å². The van der Waals surface area contributed by atoms with Gasteiger partial charge in [0.25, 0.3) is 5.91 Å². The van der Waals surface area contributed by atoms with Gasteiger partial charge in [-0.3, -0.25) is 9.69 Å². The molecule has 6 nitrogen and oxygen atoms in total. The van der Waals surface area contributed by atoms with Crippen molar-refractivity contribution in [1.82, 2.24) is 9.80 Å². The minimum Gasteiger partial charge on any atom is -0.459 e. The molecular weight excluding hydrogens is 392 g/mol. The molecule has 1 aromatic heterocycles. The maximum Gasteiger partial charge on any atom is 0.289 e. The molecular formula is C25H28N2O4. The van der Waals surface area contributed by atoms with Crippen LogP contribution in [0.25, 0.3) is 0 Å². The minimum atomic E-state index is -0.609. The summed E-state index contributed by atoms with van der Waals surface area (Å²) in [6.45, 7) is 3.40. The van der Waals surface area contributed by atoms with Crippen LogP contribution in [0.15, 0.2) is 83.5 Å². The molecule has 1 aliphatic heterocycles. The quantitative estimate of drug-likeness (QED) is 0.606. The Morgan fingerprint density at radius 2 is 1.52 bits per heavy atom. The molecule has 6 heteroatoms. The third kappa shape index (κ3) is 5.61.